The van der Waals surface area contributed by atoms with Crippen molar-refractivity contribution in [1.82, 2.24) is 20.0 Å². The predicted molar refractivity (Wildman–Crippen MR) is 77.1 cm³/mol. The average molecular weight is 285 g/mol. The van der Waals surface area contributed by atoms with Crippen molar-refractivity contribution in [1.29, 1.82) is 0 Å². The first-order valence-corrected chi connectivity index (χ1v) is 7.55. The summed E-state index contributed by atoms with van der Waals surface area (Å²) >= 11 is 0. The Bertz CT molecular complexity index is 600. The van der Waals surface area contributed by atoms with Crippen LogP contribution in [0.2, 0.25) is 0 Å². The molecule has 0 spiro atoms. The van der Waals surface area contributed by atoms with Gasteiger partial charge >= 0.3 is 0 Å². The fourth-order valence-corrected chi connectivity index (χ4v) is 3.65. The Labute approximate surface area is 123 Å². The first-order valence-electron chi connectivity index (χ1n) is 7.55. The molecule has 4 rings (SSSR count). The molecular weight excluding hydrogens is 266 g/mol. The van der Waals surface area contributed by atoms with E-state index < -0.39 is 0 Å². The highest BCUT2D eigenvalue weighted by atomic mass is 16.5. The van der Waals surface area contributed by atoms with Crippen LogP contribution in [0.25, 0.3) is 11.5 Å². The van der Waals surface area contributed by atoms with E-state index in [1.165, 1.54) is 12.8 Å². The van der Waals surface area contributed by atoms with Gasteiger partial charge in [0, 0.05) is 24.3 Å². The normalized spacial score (nSPS) is 28.9. The Balaban J connectivity index is 1.50. The van der Waals surface area contributed by atoms with Crippen molar-refractivity contribution in [2.45, 2.75) is 50.4 Å². The molecule has 2 aliphatic rings. The Morgan fingerprint density at radius 2 is 2.05 bits per heavy atom. The zero-order valence-corrected chi connectivity index (χ0v) is 11.9. The maximum atomic E-state index is 6.10. The van der Waals surface area contributed by atoms with Gasteiger partial charge in [-0.05, 0) is 37.8 Å². The standard InChI is InChI=1S/C15H19N5O/c16-10-7-11-4-5-12(8-10)20(11)9-14-18-15(19-21-14)13-3-1-2-6-17-13/h1-3,6,10-12H,4-5,7-9,16H2. The maximum absolute atomic E-state index is 6.10. The lowest BCUT2D eigenvalue weighted by Gasteiger charge is -2.36. The molecular formula is C15H19N5O. The van der Waals surface area contributed by atoms with Gasteiger partial charge < -0.3 is 10.3 Å². The molecule has 2 unspecified atom stereocenters. The van der Waals surface area contributed by atoms with Gasteiger partial charge in [-0.1, -0.05) is 11.2 Å². The first kappa shape index (κ1) is 12.9. The van der Waals surface area contributed by atoms with E-state index >= 15 is 0 Å². The van der Waals surface area contributed by atoms with Crippen molar-refractivity contribution < 1.29 is 4.52 Å². The summed E-state index contributed by atoms with van der Waals surface area (Å²) < 4.78 is 5.40. The van der Waals surface area contributed by atoms with Crippen molar-refractivity contribution in [2.24, 2.45) is 5.73 Å². The smallest absolute Gasteiger partial charge is 0.241 e. The van der Waals surface area contributed by atoms with E-state index in [1.54, 1.807) is 6.20 Å². The first-order chi connectivity index (χ1) is 10.3. The summed E-state index contributed by atoms with van der Waals surface area (Å²) in [5.74, 6) is 1.23. The number of fused-ring (bicyclic) bond motifs is 2. The van der Waals surface area contributed by atoms with Crippen molar-refractivity contribution >= 4 is 0 Å². The molecule has 0 radical (unpaired) electrons. The van der Waals surface area contributed by atoms with E-state index in [1.807, 2.05) is 18.2 Å². The summed E-state index contributed by atoms with van der Waals surface area (Å²) in [5.41, 5.74) is 6.85. The molecule has 6 heteroatoms. The molecule has 2 aliphatic heterocycles. The number of hydrogen-bond acceptors (Lipinski definition) is 6. The number of aromatic nitrogens is 3. The molecule has 2 atom stereocenters. The van der Waals surface area contributed by atoms with E-state index in [9.17, 15) is 0 Å². The van der Waals surface area contributed by atoms with Gasteiger partial charge in [-0.2, -0.15) is 4.98 Å². The lowest BCUT2D eigenvalue weighted by molar-refractivity contribution is 0.105. The Morgan fingerprint density at radius 1 is 1.24 bits per heavy atom. The van der Waals surface area contributed by atoms with Gasteiger partial charge in [0.05, 0.1) is 6.54 Å². The number of nitrogens with zero attached hydrogens (tertiary/aromatic N) is 4. The van der Waals surface area contributed by atoms with Gasteiger partial charge in [-0.15, -0.1) is 0 Å². The Morgan fingerprint density at radius 3 is 2.76 bits per heavy atom. The van der Waals surface area contributed by atoms with Crippen LogP contribution in [0, 0.1) is 0 Å². The second-order valence-electron chi connectivity index (χ2n) is 6.02. The fraction of sp³-hybridized carbons (Fsp3) is 0.533. The number of pyridine rings is 1. The summed E-state index contributed by atoms with van der Waals surface area (Å²) in [5, 5.41) is 4.04. The lowest BCUT2D eigenvalue weighted by Crippen LogP contribution is -2.46. The second-order valence-corrected chi connectivity index (χ2v) is 6.02. The molecule has 110 valence electrons. The summed E-state index contributed by atoms with van der Waals surface area (Å²) in [6, 6.07) is 7.18. The van der Waals surface area contributed by atoms with E-state index in [4.69, 9.17) is 10.3 Å². The highest BCUT2D eigenvalue weighted by Gasteiger charge is 2.40. The molecule has 2 aromatic heterocycles. The van der Waals surface area contributed by atoms with E-state index in [0.717, 1.165) is 25.1 Å². The number of piperidine rings is 1. The molecule has 21 heavy (non-hydrogen) atoms. The Kier molecular flexibility index (Phi) is 3.20. The van der Waals surface area contributed by atoms with Crippen LogP contribution in [0.5, 0.6) is 0 Å². The molecule has 2 saturated heterocycles. The Hall–Kier alpha value is -1.79. The van der Waals surface area contributed by atoms with Gasteiger partial charge in [0.15, 0.2) is 0 Å². The zero-order valence-electron chi connectivity index (χ0n) is 11.9. The fourth-order valence-electron chi connectivity index (χ4n) is 3.65. The maximum Gasteiger partial charge on any atom is 0.241 e. The molecule has 2 bridgehead atoms. The largest absolute Gasteiger partial charge is 0.337 e. The molecule has 0 aromatic carbocycles. The van der Waals surface area contributed by atoms with Gasteiger partial charge in [-0.25, -0.2) is 0 Å². The lowest BCUT2D eigenvalue weighted by atomic mass is 9.98. The van der Waals surface area contributed by atoms with E-state index in [-0.39, 0.29) is 0 Å². The summed E-state index contributed by atoms with van der Waals surface area (Å²) in [4.78, 5) is 11.2. The van der Waals surface area contributed by atoms with Crippen LogP contribution in [-0.4, -0.2) is 38.2 Å². The zero-order chi connectivity index (χ0) is 14.2. The van der Waals surface area contributed by atoms with Crippen LogP contribution in [0.15, 0.2) is 28.9 Å². The third-order valence-electron chi connectivity index (χ3n) is 4.60. The molecule has 0 saturated carbocycles. The monoisotopic (exact) mass is 285 g/mol. The van der Waals surface area contributed by atoms with Gasteiger partial charge in [0.1, 0.15) is 5.69 Å². The molecule has 0 aliphatic carbocycles. The van der Waals surface area contributed by atoms with Crippen LogP contribution in [0.1, 0.15) is 31.6 Å². The molecule has 2 N–H and O–H groups in total. The summed E-state index contributed by atoms with van der Waals surface area (Å²) in [6.07, 6.45) is 6.37. The minimum atomic E-state index is 0.352. The highest BCUT2D eigenvalue weighted by Crippen LogP contribution is 2.36. The van der Waals surface area contributed by atoms with Crippen LogP contribution in [0.3, 0.4) is 0 Å². The topological polar surface area (TPSA) is 81.1 Å². The SMILES string of the molecule is NC1CC2CCC(C1)N2Cc1nc(-c2ccccn2)no1. The third kappa shape index (κ3) is 2.45. The average Bonchev–Trinajstić information content (AvgIpc) is 3.05. The van der Waals surface area contributed by atoms with Crippen LogP contribution >= 0.6 is 0 Å². The van der Waals surface area contributed by atoms with Crippen molar-refractivity contribution in [3.8, 4) is 11.5 Å². The van der Waals surface area contributed by atoms with Crippen LogP contribution in [-0.2, 0) is 6.54 Å². The molecule has 2 aromatic rings. The summed E-state index contributed by atoms with van der Waals surface area (Å²) in [6.45, 7) is 0.724. The van der Waals surface area contributed by atoms with Crippen LogP contribution in [0.4, 0.5) is 0 Å². The number of hydrogen-bond donors (Lipinski definition) is 1. The number of rotatable bonds is 3. The molecule has 0 amide bonds. The van der Waals surface area contributed by atoms with Crippen molar-refractivity contribution in [3.63, 3.8) is 0 Å². The van der Waals surface area contributed by atoms with Crippen molar-refractivity contribution in [3.05, 3.63) is 30.3 Å². The molecule has 2 fully saturated rings. The van der Waals surface area contributed by atoms with E-state index in [2.05, 4.69) is 20.0 Å². The molecule has 6 nitrogen and oxygen atoms in total. The van der Waals surface area contributed by atoms with Gasteiger partial charge in [0.2, 0.25) is 11.7 Å². The van der Waals surface area contributed by atoms with Gasteiger partial charge in [-0.3, -0.25) is 9.88 Å². The van der Waals surface area contributed by atoms with Crippen molar-refractivity contribution in [2.75, 3.05) is 0 Å². The number of nitrogens with two attached hydrogens (primary N) is 1. The highest BCUT2D eigenvalue weighted by molar-refractivity contribution is 5.46. The summed E-state index contributed by atoms with van der Waals surface area (Å²) in [7, 11) is 0. The minimum Gasteiger partial charge on any atom is -0.337 e. The predicted octanol–water partition coefficient (Wildman–Crippen LogP) is 1.59. The molecule has 4 heterocycles. The van der Waals surface area contributed by atoms with Crippen LogP contribution < -0.4 is 5.73 Å². The van der Waals surface area contributed by atoms with E-state index in [0.29, 0.717) is 29.8 Å². The van der Waals surface area contributed by atoms with Gasteiger partial charge in [0.25, 0.3) is 0 Å². The quantitative estimate of drug-likeness (QED) is 0.922. The minimum absolute atomic E-state index is 0.352. The third-order valence-corrected chi connectivity index (χ3v) is 4.60. The second kappa shape index (κ2) is 5.20.